The fourth-order valence-corrected chi connectivity index (χ4v) is 3.31. The Morgan fingerprint density at radius 2 is 0.414 bits per heavy atom. The van der Waals surface area contributed by atoms with E-state index in [0.29, 0.717) is 0 Å². The molecule has 0 amide bonds. The summed E-state index contributed by atoms with van der Waals surface area (Å²) in [7, 11) is -34.1. The fourth-order valence-electron chi connectivity index (χ4n) is 0.367. The van der Waals surface area contributed by atoms with Crippen molar-refractivity contribution in [3.05, 3.63) is 0 Å². The first-order valence-corrected chi connectivity index (χ1v) is 13.1. The van der Waals surface area contributed by atoms with E-state index in [-0.39, 0.29) is 102 Å². The maximum Gasteiger partial charge on any atom is 2.00 e. The van der Waals surface area contributed by atoms with Gasteiger partial charge in [0.1, 0.15) is 0 Å². The molecule has 29 heavy (non-hydrogen) atoms. The van der Waals surface area contributed by atoms with Gasteiger partial charge in [-0.2, -0.15) is 0 Å². The average molecular weight is 705 g/mol. The third kappa shape index (κ3) is 59.4. The predicted molar refractivity (Wildman–Crippen MR) is 69.3 cm³/mol. The normalized spacial score (nSPS) is 12.8. The molecule has 0 spiro atoms. The van der Waals surface area contributed by atoms with Gasteiger partial charge >= 0.3 is 102 Å². The molecule has 0 radical (unpaired) electrons. The van der Waals surface area contributed by atoms with Crippen molar-refractivity contribution in [2.75, 3.05) is 0 Å². The van der Waals surface area contributed by atoms with Crippen LogP contribution < -0.4 is 58.7 Å². The third-order valence-corrected chi connectivity index (χ3v) is 5.40. The summed E-state index contributed by atoms with van der Waals surface area (Å²) in [5.74, 6) is 0. The average Bonchev–Trinajstić information content (AvgIpc) is 1.96. The molecule has 168 valence electrons. The van der Waals surface area contributed by atoms with Gasteiger partial charge in [-0.25, -0.2) is 0 Å². The second kappa shape index (κ2) is 16.4. The van der Waals surface area contributed by atoms with Crippen molar-refractivity contribution < 1.29 is 110 Å². The molecule has 0 N–H and O–H groups in total. The van der Waals surface area contributed by atoms with E-state index in [1.807, 2.05) is 0 Å². The van der Waals surface area contributed by atoms with Crippen molar-refractivity contribution in [3.63, 3.8) is 0 Å². The van der Waals surface area contributed by atoms with Crippen molar-refractivity contribution in [1.82, 2.24) is 0 Å². The first-order chi connectivity index (χ1) is 11.1. The van der Waals surface area contributed by atoms with E-state index >= 15 is 0 Å². The van der Waals surface area contributed by atoms with Crippen molar-refractivity contribution >= 4 is 138 Å². The molecule has 0 aliphatic carbocycles. The van der Waals surface area contributed by atoms with E-state index < -0.39 is 46.9 Å². The summed E-state index contributed by atoms with van der Waals surface area (Å²) < 4.78 is 63.5. The third-order valence-electron chi connectivity index (χ3n) is 0.600. The van der Waals surface area contributed by atoms with Crippen LogP contribution in [0.3, 0.4) is 0 Å². The minimum Gasteiger partial charge on any atom is -0.790 e. The summed E-state index contributed by atoms with van der Waals surface area (Å²) in [6, 6.07) is 0. The molecule has 0 heterocycles. The van der Waals surface area contributed by atoms with Crippen LogP contribution in [0.15, 0.2) is 0 Å². The Morgan fingerprint density at radius 3 is 0.414 bits per heavy atom. The molecule has 0 aromatic rings. The molecule has 29 heteroatoms. The standard InChI is InChI=1S/3H4O7P2.2Sr/c3*1-8(2,3)7-9(4,5)6;;/h3*(H2,1,2,3)(H2,4,5,6);;/q;;;2*+2/p-4. The van der Waals surface area contributed by atoms with Gasteiger partial charge in [-0.3, -0.25) is 0 Å². The molecular weight excluding hydrogens is 697 g/mol. The molecule has 0 aromatic carbocycles. The van der Waals surface area contributed by atoms with Crippen molar-refractivity contribution in [3.8, 4) is 0 Å². The van der Waals surface area contributed by atoms with Crippen molar-refractivity contribution in [2.45, 2.75) is 0 Å². The van der Waals surface area contributed by atoms with Crippen LogP contribution in [0.25, 0.3) is 0 Å². The van der Waals surface area contributed by atoms with E-state index in [1.54, 1.807) is 0 Å². The summed E-state index contributed by atoms with van der Waals surface area (Å²) >= 11 is 0. The van der Waals surface area contributed by atoms with Crippen LogP contribution in [0.1, 0.15) is 11.4 Å². The number of hydrogen-bond acceptors (Lipinski definition) is 21. The Kier molecular flexibility index (Phi) is 24.3. The topological polar surface area (TPSA) is 407 Å². The van der Waals surface area contributed by atoms with Crippen molar-refractivity contribution in [2.24, 2.45) is 0 Å². The van der Waals surface area contributed by atoms with Gasteiger partial charge in [-0.15, -0.1) is 0 Å². The maximum atomic E-state index is 9.32. The van der Waals surface area contributed by atoms with Gasteiger partial charge in [-0.1, -0.05) is 0 Å². The van der Waals surface area contributed by atoms with Crippen LogP contribution in [-0.2, 0) is 40.3 Å². The second-order valence-electron chi connectivity index (χ2n) is 2.93. The molecule has 0 saturated carbocycles. The quantitative estimate of drug-likeness (QED) is 0.183. The van der Waals surface area contributed by atoms with Gasteiger partial charge in [0, 0.05) is 0 Å². The van der Waals surface area contributed by atoms with Crippen LogP contribution in [0, 0.1) is 0 Å². The van der Waals surface area contributed by atoms with Crippen LogP contribution in [-0.4, -0.2) is 91.0 Å². The van der Waals surface area contributed by atoms with Gasteiger partial charge < -0.3 is 99.0 Å². The second-order valence-corrected chi connectivity index (χ2v) is 10.3. The Labute approximate surface area is 245 Å². The zero-order chi connectivity index (χ0) is 23.1. The molecule has 0 unspecified atom stereocenters. The first-order valence-electron chi connectivity index (χ1n) is 4.38. The maximum absolute atomic E-state index is 9.32. The predicted octanol–water partition coefficient (Wildman–Crippen LogP) is -9.88. The van der Waals surface area contributed by atoms with Crippen LogP contribution in [0.2, 0.25) is 0 Å². The van der Waals surface area contributed by atoms with Gasteiger partial charge in [0.15, 0.2) is 0 Å². The molecular formula is H8O21P6Sr2. The Hall–Kier alpha value is 3.74. The molecule has 0 fully saturated rings. The Balaban J connectivity index is -0.0000000187. The molecule has 21 nitrogen and oxygen atoms in total. The molecule has 0 aromatic heterocycles. The first kappa shape index (κ1) is 42.9. The van der Waals surface area contributed by atoms with E-state index in [0.717, 1.165) is 0 Å². The number of phosphoric acid groups is 6. The van der Waals surface area contributed by atoms with E-state index in [1.165, 1.54) is 0 Å². The Bertz CT molecular complexity index is 580. The summed E-state index contributed by atoms with van der Waals surface area (Å²) in [6.45, 7) is 0. The number of hydrogen-bond donors (Lipinski definition) is 0. The molecule has 0 aliphatic heterocycles. The zero-order valence-electron chi connectivity index (χ0n) is 20.7. The molecule has 0 rings (SSSR count). The summed E-state index contributed by atoms with van der Waals surface area (Å²) in [5.41, 5.74) is 0. The smallest absolute Gasteiger partial charge is 0.790 e. The minimum absolute atomic E-state index is 0. The SMILES string of the molecule is O=P([O-])([O-])OP(=O)([O-])[O-].O=P([O-])([O-])OP(=O)([O-])[O-].O=P([O-])([O-])OP(=O)([O-])[O-].[H+].[H+].[H+].[H+].[H+].[H+].[H+].[H+].[Sr+2].[Sr+2]. The van der Waals surface area contributed by atoms with E-state index in [4.69, 9.17) is 0 Å². The van der Waals surface area contributed by atoms with Crippen LogP contribution in [0.5, 0.6) is 0 Å². The molecule has 0 aliphatic rings. The van der Waals surface area contributed by atoms with Gasteiger partial charge in [0.25, 0.3) is 0 Å². The fraction of sp³-hybridized carbons (Fsp3) is 0. The largest absolute Gasteiger partial charge is 2.00 e. The van der Waals surface area contributed by atoms with E-state index in [2.05, 4.69) is 12.9 Å². The zero-order valence-corrected chi connectivity index (χ0v) is 25.0. The van der Waals surface area contributed by atoms with Crippen molar-refractivity contribution in [1.29, 1.82) is 0 Å². The Morgan fingerprint density at radius 1 is 0.345 bits per heavy atom. The monoisotopic (exact) mass is 706 g/mol. The summed E-state index contributed by atoms with van der Waals surface area (Å²) in [5, 5.41) is 0. The van der Waals surface area contributed by atoms with Gasteiger partial charge in [-0.05, 0) is 0 Å². The van der Waals surface area contributed by atoms with Crippen LogP contribution >= 0.6 is 46.9 Å². The summed E-state index contributed by atoms with van der Waals surface area (Å²) in [4.78, 5) is 112. The molecule has 0 saturated heterocycles. The van der Waals surface area contributed by atoms with Gasteiger partial charge in [0.05, 0.1) is 46.9 Å². The molecule has 0 bridgehead atoms. The summed E-state index contributed by atoms with van der Waals surface area (Å²) in [6.07, 6.45) is 0. The number of rotatable bonds is 6. The van der Waals surface area contributed by atoms with Crippen LogP contribution in [0.4, 0.5) is 0 Å². The van der Waals surface area contributed by atoms with E-state index in [9.17, 15) is 86.1 Å². The minimum atomic E-state index is -5.68. The molecule has 0 atom stereocenters. The van der Waals surface area contributed by atoms with Gasteiger partial charge in [0.2, 0.25) is 0 Å².